The molecule has 88 valence electrons. The summed E-state index contributed by atoms with van der Waals surface area (Å²) in [6.07, 6.45) is 1.63. The highest BCUT2D eigenvalue weighted by Gasteiger charge is 1.99. The summed E-state index contributed by atoms with van der Waals surface area (Å²) in [7, 11) is 1.87. The molecule has 1 aromatic carbocycles. The van der Waals surface area contributed by atoms with Gasteiger partial charge in [0.15, 0.2) is 11.8 Å². The topological polar surface area (TPSA) is 81.1 Å². The van der Waals surface area contributed by atoms with E-state index in [1.807, 2.05) is 37.4 Å². The molecule has 0 atom stereocenters. The number of hydrogen-bond acceptors (Lipinski definition) is 3. The highest BCUT2D eigenvalue weighted by molar-refractivity contribution is 5.92. The number of aromatic nitrogens is 3. The van der Waals surface area contributed by atoms with Crippen molar-refractivity contribution in [1.29, 1.82) is 0 Å². The van der Waals surface area contributed by atoms with Crippen molar-refractivity contribution in [3.63, 3.8) is 0 Å². The van der Waals surface area contributed by atoms with Gasteiger partial charge < -0.3 is 15.6 Å². The molecule has 0 aliphatic heterocycles. The summed E-state index contributed by atoms with van der Waals surface area (Å²) in [5.41, 5.74) is 6.66. The number of hydrogen-bond donors (Lipinski definition) is 2. The van der Waals surface area contributed by atoms with E-state index in [2.05, 4.69) is 20.5 Å². The SMILES string of the molecule is Cn1cnnc1CN=C(N)Nc1ccccc1. The zero-order valence-corrected chi connectivity index (χ0v) is 9.54. The van der Waals surface area contributed by atoms with E-state index < -0.39 is 0 Å². The summed E-state index contributed by atoms with van der Waals surface area (Å²) in [5, 5.41) is 10.7. The fraction of sp³-hybridized carbons (Fsp3) is 0.182. The quantitative estimate of drug-likeness (QED) is 0.602. The Bertz CT molecular complexity index is 502. The molecule has 0 radical (unpaired) electrons. The summed E-state index contributed by atoms with van der Waals surface area (Å²) in [6, 6.07) is 9.64. The molecule has 0 saturated heterocycles. The van der Waals surface area contributed by atoms with E-state index in [0.29, 0.717) is 12.5 Å². The van der Waals surface area contributed by atoms with Crippen LogP contribution in [-0.2, 0) is 13.6 Å². The van der Waals surface area contributed by atoms with Crippen LogP contribution in [0.25, 0.3) is 0 Å². The predicted octanol–water partition coefficient (Wildman–Crippen LogP) is 0.742. The van der Waals surface area contributed by atoms with Crippen molar-refractivity contribution in [2.24, 2.45) is 17.8 Å². The molecule has 0 spiro atoms. The molecular weight excluding hydrogens is 216 g/mol. The summed E-state index contributed by atoms with van der Waals surface area (Å²) in [4.78, 5) is 4.18. The fourth-order valence-corrected chi connectivity index (χ4v) is 1.32. The molecule has 1 aromatic heterocycles. The number of benzene rings is 1. The maximum atomic E-state index is 5.75. The molecule has 2 aromatic rings. The number of anilines is 1. The standard InChI is InChI=1S/C11H14N6/c1-17-8-14-16-10(17)7-13-11(12)15-9-5-3-2-4-6-9/h2-6,8H,7H2,1H3,(H3,12,13,15). The number of aliphatic imine (C=N–C) groups is 1. The molecular formula is C11H14N6. The monoisotopic (exact) mass is 230 g/mol. The third-order valence-corrected chi connectivity index (χ3v) is 2.24. The smallest absolute Gasteiger partial charge is 0.193 e. The van der Waals surface area contributed by atoms with E-state index in [-0.39, 0.29) is 0 Å². The third kappa shape index (κ3) is 3.04. The van der Waals surface area contributed by atoms with Crippen molar-refractivity contribution in [3.05, 3.63) is 42.5 Å². The van der Waals surface area contributed by atoms with Gasteiger partial charge in [-0.25, -0.2) is 4.99 Å². The largest absolute Gasteiger partial charge is 0.370 e. The number of nitrogens with two attached hydrogens (primary N) is 1. The normalized spacial score (nSPS) is 11.5. The molecule has 2 rings (SSSR count). The van der Waals surface area contributed by atoms with E-state index in [4.69, 9.17) is 5.73 Å². The Hall–Kier alpha value is -2.37. The minimum atomic E-state index is 0.360. The Balaban J connectivity index is 1.97. The summed E-state index contributed by atoms with van der Waals surface area (Å²) in [5.74, 6) is 1.13. The summed E-state index contributed by atoms with van der Waals surface area (Å²) < 4.78 is 1.80. The number of nitrogens with one attached hydrogen (secondary N) is 1. The predicted molar refractivity (Wildman–Crippen MR) is 66.4 cm³/mol. The maximum Gasteiger partial charge on any atom is 0.193 e. The highest BCUT2D eigenvalue weighted by Crippen LogP contribution is 2.04. The van der Waals surface area contributed by atoms with E-state index >= 15 is 0 Å². The molecule has 1 heterocycles. The lowest BCUT2D eigenvalue weighted by molar-refractivity contribution is 0.792. The molecule has 0 fully saturated rings. The fourth-order valence-electron chi connectivity index (χ4n) is 1.32. The van der Waals surface area contributed by atoms with Crippen molar-refractivity contribution in [2.75, 3.05) is 5.32 Å². The molecule has 17 heavy (non-hydrogen) atoms. The van der Waals surface area contributed by atoms with E-state index in [1.165, 1.54) is 0 Å². The Morgan fingerprint density at radius 3 is 2.82 bits per heavy atom. The lowest BCUT2D eigenvalue weighted by Gasteiger charge is -2.04. The average Bonchev–Trinajstić information content (AvgIpc) is 2.74. The zero-order chi connectivity index (χ0) is 12.1. The number of rotatable bonds is 3. The first-order valence-corrected chi connectivity index (χ1v) is 5.20. The molecule has 0 amide bonds. The van der Waals surface area contributed by atoms with Crippen LogP contribution in [0.5, 0.6) is 0 Å². The van der Waals surface area contributed by atoms with Crippen molar-refractivity contribution in [2.45, 2.75) is 6.54 Å². The van der Waals surface area contributed by atoms with E-state index in [1.54, 1.807) is 10.9 Å². The van der Waals surface area contributed by atoms with Crippen molar-refractivity contribution < 1.29 is 0 Å². The molecule has 0 unspecified atom stereocenters. The van der Waals surface area contributed by atoms with Crippen LogP contribution in [0, 0.1) is 0 Å². The third-order valence-electron chi connectivity index (χ3n) is 2.24. The van der Waals surface area contributed by atoms with Gasteiger partial charge in [-0.3, -0.25) is 0 Å². The van der Waals surface area contributed by atoms with Crippen LogP contribution in [0.3, 0.4) is 0 Å². The Labute approximate surface area is 99.2 Å². The lowest BCUT2D eigenvalue weighted by atomic mass is 10.3. The second kappa shape index (κ2) is 5.11. The molecule has 6 nitrogen and oxygen atoms in total. The number of aryl methyl sites for hydroxylation is 1. The molecule has 3 N–H and O–H groups in total. The second-order valence-electron chi connectivity index (χ2n) is 3.55. The first kappa shape index (κ1) is 11.1. The first-order valence-electron chi connectivity index (χ1n) is 5.20. The van der Waals surface area contributed by atoms with Crippen molar-refractivity contribution in [3.8, 4) is 0 Å². The van der Waals surface area contributed by atoms with Gasteiger partial charge in [-0.1, -0.05) is 18.2 Å². The van der Waals surface area contributed by atoms with Gasteiger partial charge in [-0.15, -0.1) is 10.2 Å². The molecule has 0 aliphatic carbocycles. The molecule has 0 aliphatic rings. The van der Waals surface area contributed by atoms with Crippen LogP contribution < -0.4 is 11.1 Å². The Morgan fingerprint density at radius 1 is 1.41 bits per heavy atom. The lowest BCUT2D eigenvalue weighted by Crippen LogP contribution is -2.22. The molecule has 6 heteroatoms. The van der Waals surface area contributed by atoms with Gasteiger partial charge in [-0.05, 0) is 12.1 Å². The Morgan fingerprint density at radius 2 is 2.18 bits per heavy atom. The number of para-hydroxylation sites is 1. The Kier molecular flexibility index (Phi) is 3.34. The van der Waals surface area contributed by atoms with E-state index in [0.717, 1.165) is 11.5 Å². The average molecular weight is 230 g/mol. The van der Waals surface area contributed by atoms with Gasteiger partial charge in [0.25, 0.3) is 0 Å². The van der Waals surface area contributed by atoms with Crippen LogP contribution >= 0.6 is 0 Å². The highest BCUT2D eigenvalue weighted by atomic mass is 15.3. The number of guanidine groups is 1. The minimum absolute atomic E-state index is 0.360. The zero-order valence-electron chi connectivity index (χ0n) is 9.54. The number of nitrogens with zero attached hydrogens (tertiary/aromatic N) is 4. The van der Waals surface area contributed by atoms with Crippen LogP contribution in [0.4, 0.5) is 5.69 Å². The first-order chi connectivity index (χ1) is 8.25. The molecule has 0 saturated carbocycles. The van der Waals surface area contributed by atoms with Crippen LogP contribution in [0.1, 0.15) is 5.82 Å². The van der Waals surface area contributed by atoms with Gasteiger partial charge in [0.1, 0.15) is 12.9 Å². The summed E-state index contributed by atoms with van der Waals surface area (Å²) >= 11 is 0. The van der Waals surface area contributed by atoms with Crippen LogP contribution in [-0.4, -0.2) is 20.7 Å². The van der Waals surface area contributed by atoms with Gasteiger partial charge in [-0.2, -0.15) is 0 Å². The van der Waals surface area contributed by atoms with Crippen LogP contribution in [0.15, 0.2) is 41.7 Å². The molecule has 0 bridgehead atoms. The van der Waals surface area contributed by atoms with Gasteiger partial charge in [0.05, 0.1) is 0 Å². The second-order valence-corrected chi connectivity index (χ2v) is 3.55. The van der Waals surface area contributed by atoms with Crippen molar-refractivity contribution in [1.82, 2.24) is 14.8 Å². The summed E-state index contributed by atoms with van der Waals surface area (Å²) in [6.45, 7) is 0.405. The van der Waals surface area contributed by atoms with Gasteiger partial charge >= 0.3 is 0 Å². The van der Waals surface area contributed by atoms with E-state index in [9.17, 15) is 0 Å². The van der Waals surface area contributed by atoms with Crippen molar-refractivity contribution >= 4 is 11.6 Å². The van der Waals surface area contributed by atoms with Gasteiger partial charge in [0, 0.05) is 12.7 Å². The minimum Gasteiger partial charge on any atom is -0.370 e. The van der Waals surface area contributed by atoms with Crippen LogP contribution in [0.2, 0.25) is 0 Å². The maximum absolute atomic E-state index is 5.75. The van der Waals surface area contributed by atoms with Gasteiger partial charge in [0.2, 0.25) is 0 Å².